The van der Waals surface area contributed by atoms with Gasteiger partial charge in [-0.2, -0.15) is 21.1 Å². The Balaban J connectivity index is 1.62. The second-order valence-corrected chi connectivity index (χ2v) is 15.1. The Morgan fingerprint density at radius 2 is 1.02 bits per heavy atom. The van der Waals surface area contributed by atoms with Crippen LogP contribution < -0.4 is 0 Å². The molecule has 1 fully saturated rings. The van der Waals surface area contributed by atoms with Gasteiger partial charge in [-0.05, 0) is 70.0 Å². The lowest BCUT2D eigenvalue weighted by molar-refractivity contribution is 0.0863. The smallest absolute Gasteiger partial charge is 0.266 e. The Labute approximate surface area is 237 Å². The molecule has 2 atom stereocenters. The number of hydrogen-bond donors (Lipinski definition) is 0. The molecule has 0 aliphatic carbocycles. The lowest BCUT2D eigenvalue weighted by Gasteiger charge is -2.39. The van der Waals surface area contributed by atoms with Crippen molar-refractivity contribution in [2.24, 2.45) is 5.92 Å². The fraction of sp³-hybridized carbons (Fsp3) is 0.357. The minimum absolute atomic E-state index is 0.0206. The van der Waals surface area contributed by atoms with Crippen LogP contribution >= 0.6 is 0 Å². The molecule has 1 aliphatic rings. The molecule has 40 heavy (non-hydrogen) atoms. The van der Waals surface area contributed by atoms with Crippen molar-refractivity contribution in [3.8, 4) is 0 Å². The Kier molecular flexibility index (Phi) is 9.18. The molecular weight excluding hydrogens is 575 g/mol. The molecule has 12 heteroatoms. The van der Waals surface area contributed by atoms with Gasteiger partial charge in [-0.3, -0.25) is 8.37 Å². The minimum atomic E-state index is -4.21. The summed E-state index contributed by atoms with van der Waals surface area (Å²) in [5.74, 6) is -0.651. The first-order valence-electron chi connectivity index (χ1n) is 12.8. The standard InChI is InChI=1S/C28H33NO8S3/c1-21-6-12-25(13-7-21)38(30,31)29-18-4-5-24(19-36-39(32,33)26-14-8-22(2)9-15-26)28(29)20-37-40(34,35)27-16-10-23(3)11-17-27/h6-17,24,28H,4-5,18-20H2,1-3H3/t24-,28+/m0/s1. The fourth-order valence-corrected chi connectivity index (χ4v) is 8.14. The van der Waals surface area contributed by atoms with Crippen molar-refractivity contribution in [3.63, 3.8) is 0 Å². The van der Waals surface area contributed by atoms with Crippen molar-refractivity contribution >= 4 is 30.3 Å². The van der Waals surface area contributed by atoms with Crippen molar-refractivity contribution in [2.75, 3.05) is 19.8 Å². The molecule has 0 radical (unpaired) electrons. The second-order valence-electron chi connectivity index (χ2n) is 10.0. The summed E-state index contributed by atoms with van der Waals surface area (Å²) < 4.78 is 91.1. The number of nitrogens with zero attached hydrogens (tertiary/aromatic N) is 1. The summed E-state index contributed by atoms with van der Waals surface area (Å²) >= 11 is 0. The quantitative estimate of drug-likeness (QED) is 0.314. The zero-order valence-corrected chi connectivity index (χ0v) is 25.0. The Morgan fingerprint density at radius 1 is 0.625 bits per heavy atom. The van der Waals surface area contributed by atoms with Crippen molar-refractivity contribution in [2.45, 2.75) is 54.3 Å². The van der Waals surface area contributed by atoms with E-state index in [0.29, 0.717) is 12.8 Å². The summed E-state index contributed by atoms with van der Waals surface area (Å²) in [7, 11) is -12.4. The predicted octanol–water partition coefficient (Wildman–Crippen LogP) is 4.19. The normalized spacial score (nSPS) is 19.0. The van der Waals surface area contributed by atoms with Crippen LogP contribution in [0.25, 0.3) is 0 Å². The van der Waals surface area contributed by atoms with E-state index >= 15 is 0 Å². The van der Waals surface area contributed by atoms with Gasteiger partial charge in [0.15, 0.2) is 0 Å². The highest BCUT2D eigenvalue weighted by Crippen LogP contribution is 2.32. The first kappa shape index (κ1) is 30.4. The number of aryl methyl sites for hydroxylation is 3. The van der Waals surface area contributed by atoms with E-state index in [4.69, 9.17) is 8.37 Å². The molecule has 9 nitrogen and oxygen atoms in total. The van der Waals surface area contributed by atoms with Crippen LogP contribution in [0, 0.1) is 26.7 Å². The monoisotopic (exact) mass is 607 g/mol. The Hall–Kier alpha value is -2.61. The van der Waals surface area contributed by atoms with Gasteiger partial charge in [-0.15, -0.1) is 0 Å². The van der Waals surface area contributed by atoms with Crippen molar-refractivity contribution in [3.05, 3.63) is 89.5 Å². The number of piperidine rings is 1. The molecule has 0 unspecified atom stereocenters. The third kappa shape index (κ3) is 6.99. The molecule has 1 saturated heterocycles. The van der Waals surface area contributed by atoms with Gasteiger partial charge in [0.1, 0.15) is 0 Å². The van der Waals surface area contributed by atoms with Crippen LogP contribution in [-0.4, -0.2) is 55.4 Å². The van der Waals surface area contributed by atoms with Crippen LogP contribution in [0.1, 0.15) is 29.5 Å². The van der Waals surface area contributed by atoms with E-state index < -0.39 is 48.8 Å². The molecule has 4 rings (SSSR count). The average Bonchev–Trinajstić information content (AvgIpc) is 2.91. The predicted molar refractivity (Wildman–Crippen MR) is 150 cm³/mol. The maximum Gasteiger partial charge on any atom is 0.297 e. The van der Waals surface area contributed by atoms with E-state index in [1.54, 1.807) is 36.4 Å². The number of sulfonamides is 1. The van der Waals surface area contributed by atoms with E-state index in [2.05, 4.69) is 0 Å². The number of hydrogen-bond acceptors (Lipinski definition) is 8. The fourth-order valence-electron chi connectivity index (χ4n) is 4.54. The molecule has 1 heterocycles. The van der Waals surface area contributed by atoms with Crippen LogP contribution in [0.2, 0.25) is 0 Å². The Morgan fingerprint density at radius 3 is 1.48 bits per heavy atom. The summed E-state index contributed by atoms with van der Waals surface area (Å²) in [6.07, 6.45) is 0.854. The second kappa shape index (κ2) is 12.1. The highest BCUT2D eigenvalue weighted by atomic mass is 32.2. The molecule has 0 bridgehead atoms. The van der Waals surface area contributed by atoms with Crippen molar-refractivity contribution in [1.82, 2.24) is 4.31 Å². The average molecular weight is 608 g/mol. The van der Waals surface area contributed by atoms with Crippen LogP contribution in [0.3, 0.4) is 0 Å². The lowest BCUT2D eigenvalue weighted by atomic mass is 9.92. The van der Waals surface area contributed by atoms with Gasteiger partial charge in [-0.1, -0.05) is 53.1 Å². The van der Waals surface area contributed by atoms with E-state index in [-0.39, 0.29) is 27.8 Å². The zero-order chi connectivity index (χ0) is 29.1. The van der Waals surface area contributed by atoms with Crippen molar-refractivity contribution in [1.29, 1.82) is 0 Å². The first-order valence-corrected chi connectivity index (χ1v) is 17.1. The summed E-state index contributed by atoms with van der Waals surface area (Å²) in [6.45, 7) is 4.77. The van der Waals surface area contributed by atoms with Gasteiger partial charge in [-0.25, -0.2) is 8.42 Å². The summed E-state index contributed by atoms with van der Waals surface area (Å²) in [5, 5.41) is 0. The maximum absolute atomic E-state index is 13.7. The molecule has 0 spiro atoms. The molecule has 0 N–H and O–H groups in total. The Bertz CT molecular complexity index is 1630. The number of benzene rings is 3. The summed E-state index contributed by atoms with van der Waals surface area (Å²) in [5.41, 5.74) is 2.64. The van der Waals surface area contributed by atoms with Crippen LogP contribution in [0.4, 0.5) is 0 Å². The van der Waals surface area contributed by atoms with E-state index in [0.717, 1.165) is 16.7 Å². The highest BCUT2D eigenvalue weighted by molar-refractivity contribution is 7.89. The van der Waals surface area contributed by atoms with Gasteiger partial charge < -0.3 is 0 Å². The van der Waals surface area contributed by atoms with Crippen LogP contribution in [-0.2, 0) is 38.6 Å². The summed E-state index contributed by atoms with van der Waals surface area (Å²) in [4.78, 5) is -0.0253. The van der Waals surface area contributed by atoms with Gasteiger partial charge in [0, 0.05) is 12.5 Å². The topological polar surface area (TPSA) is 124 Å². The lowest BCUT2D eigenvalue weighted by Crippen LogP contribution is -2.52. The molecule has 3 aromatic carbocycles. The van der Waals surface area contributed by atoms with E-state index in [9.17, 15) is 25.3 Å². The van der Waals surface area contributed by atoms with Gasteiger partial charge in [0.05, 0.1) is 33.9 Å². The van der Waals surface area contributed by atoms with Crippen molar-refractivity contribution < 1.29 is 33.6 Å². The largest absolute Gasteiger partial charge is 0.297 e. The SMILES string of the molecule is Cc1ccc(S(=O)(=O)OC[C@@H]2CCCN(S(=O)(=O)c3ccc(C)cc3)[C@@H]2COS(=O)(=O)c2ccc(C)cc2)cc1. The molecule has 0 saturated carbocycles. The van der Waals surface area contributed by atoms with Gasteiger partial charge in [0.2, 0.25) is 10.0 Å². The maximum atomic E-state index is 13.7. The van der Waals surface area contributed by atoms with E-state index in [1.165, 1.54) is 40.7 Å². The van der Waals surface area contributed by atoms with Crippen LogP contribution in [0.15, 0.2) is 87.5 Å². The highest BCUT2D eigenvalue weighted by Gasteiger charge is 2.41. The van der Waals surface area contributed by atoms with Gasteiger partial charge in [0.25, 0.3) is 20.2 Å². The third-order valence-electron chi connectivity index (χ3n) is 6.95. The van der Waals surface area contributed by atoms with Crippen LogP contribution in [0.5, 0.6) is 0 Å². The molecular formula is C28H33NO8S3. The molecule has 216 valence electrons. The minimum Gasteiger partial charge on any atom is -0.266 e. The third-order valence-corrected chi connectivity index (χ3v) is 11.5. The zero-order valence-electron chi connectivity index (χ0n) is 22.6. The van der Waals surface area contributed by atoms with Gasteiger partial charge >= 0.3 is 0 Å². The molecule has 0 aromatic heterocycles. The molecule has 3 aromatic rings. The first-order chi connectivity index (χ1) is 18.8. The molecule has 0 amide bonds. The van der Waals surface area contributed by atoms with E-state index in [1.807, 2.05) is 20.8 Å². The molecule has 1 aliphatic heterocycles. The summed E-state index contributed by atoms with van der Waals surface area (Å²) in [6, 6.07) is 17.6. The number of rotatable bonds is 10.